The number of anilines is 1. The van der Waals surface area contributed by atoms with Crippen molar-refractivity contribution in [3.05, 3.63) is 59.1 Å². The van der Waals surface area contributed by atoms with E-state index >= 15 is 0 Å². The van der Waals surface area contributed by atoms with Crippen LogP contribution in [0, 0.1) is 0 Å². The van der Waals surface area contributed by atoms with Crippen LogP contribution in [0.25, 0.3) is 0 Å². The fraction of sp³-hybridized carbons (Fsp3) is 0.143. The Hall–Kier alpha value is -1.67. The molecule has 2 rings (SSSR count). The molecule has 0 aliphatic rings. The molecular formula is C14H14ClNO. The van der Waals surface area contributed by atoms with Crippen molar-refractivity contribution < 1.29 is 4.74 Å². The highest BCUT2D eigenvalue weighted by Gasteiger charge is 2.01. The first-order valence-corrected chi connectivity index (χ1v) is 5.85. The predicted octanol–water partition coefficient (Wildman–Crippen LogP) is 3.54. The van der Waals surface area contributed by atoms with Gasteiger partial charge in [0.2, 0.25) is 0 Å². The van der Waals surface area contributed by atoms with Crippen LogP contribution in [0.2, 0.25) is 5.02 Å². The number of hydrogen-bond acceptors (Lipinski definition) is 2. The van der Waals surface area contributed by atoms with Gasteiger partial charge in [0.25, 0.3) is 0 Å². The molecule has 0 spiro atoms. The summed E-state index contributed by atoms with van der Waals surface area (Å²) in [5.41, 5.74) is 7.50. The number of nitrogens with two attached hydrogens (primary N) is 1. The number of ether oxygens (including phenoxy) is 1. The minimum Gasteiger partial charge on any atom is -0.492 e. The van der Waals surface area contributed by atoms with Gasteiger partial charge in [-0.1, -0.05) is 41.9 Å². The standard InChI is InChI=1S/C14H14ClNO/c15-13-10-12(16)6-7-14(13)17-9-8-11-4-2-1-3-5-11/h1-7,10H,8-9,16H2. The number of benzene rings is 2. The summed E-state index contributed by atoms with van der Waals surface area (Å²) < 4.78 is 5.61. The smallest absolute Gasteiger partial charge is 0.138 e. The van der Waals surface area contributed by atoms with Crippen molar-refractivity contribution in [1.82, 2.24) is 0 Å². The summed E-state index contributed by atoms with van der Waals surface area (Å²) in [6.45, 7) is 0.605. The molecule has 0 radical (unpaired) electrons. The van der Waals surface area contributed by atoms with Gasteiger partial charge in [-0.15, -0.1) is 0 Å². The van der Waals surface area contributed by atoms with Gasteiger partial charge in [-0.05, 0) is 23.8 Å². The Labute approximate surface area is 106 Å². The van der Waals surface area contributed by atoms with E-state index in [0.29, 0.717) is 23.1 Å². The molecule has 0 saturated carbocycles. The summed E-state index contributed by atoms with van der Waals surface area (Å²) in [6, 6.07) is 15.5. The lowest BCUT2D eigenvalue weighted by Gasteiger charge is -2.08. The maximum absolute atomic E-state index is 6.01. The van der Waals surface area contributed by atoms with Crippen molar-refractivity contribution in [2.45, 2.75) is 6.42 Å². The number of nitrogen functional groups attached to an aromatic ring is 1. The van der Waals surface area contributed by atoms with E-state index in [1.807, 2.05) is 18.2 Å². The van der Waals surface area contributed by atoms with Crippen LogP contribution in [0.3, 0.4) is 0 Å². The van der Waals surface area contributed by atoms with Crippen molar-refractivity contribution in [1.29, 1.82) is 0 Å². The Kier molecular flexibility index (Phi) is 3.89. The van der Waals surface area contributed by atoms with Gasteiger partial charge in [0.15, 0.2) is 0 Å². The van der Waals surface area contributed by atoms with Crippen molar-refractivity contribution in [3.63, 3.8) is 0 Å². The van der Waals surface area contributed by atoms with Gasteiger partial charge in [0.1, 0.15) is 5.75 Å². The minimum absolute atomic E-state index is 0.554. The Morgan fingerprint density at radius 3 is 2.53 bits per heavy atom. The molecular weight excluding hydrogens is 234 g/mol. The fourth-order valence-corrected chi connectivity index (χ4v) is 1.80. The van der Waals surface area contributed by atoms with Gasteiger partial charge in [-0.25, -0.2) is 0 Å². The molecule has 2 aromatic rings. The molecule has 0 heterocycles. The van der Waals surface area contributed by atoms with Crippen LogP contribution in [0.4, 0.5) is 5.69 Å². The summed E-state index contributed by atoms with van der Waals surface area (Å²) in [7, 11) is 0. The highest BCUT2D eigenvalue weighted by Crippen LogP contribution is 2.26. The molecule has 0 atom stereocenters. The highest BCUT2D eigenvalue weighted by molar-refractivity contribution is 6.32. The van der Waals surface area contributed by atoms with Crippen LogP contribution in [-0.2, 0) is 6.42 Å². The van der Waals surface area contributed by atoms with Gasteiger partial charge < -0.3 is 10.5 Å². The molecule has 3 heteroatoms. The monoisotopic (exact) mass is 247 g/mol. The summed E-state index contributed by atoms with van der Waals surface area (Å²) in [5, 5.41) is 0.554. The normalized spacial score (nSPS) is 10.2. The number of rotatable bonds is 4. The molecule has 0 fully saturated rings. The van der Waals surface area contributed by atoms with Gasteiger partial charge in [-0.3, -0.25) is 0 Å². The summed E-state index contributed by atoms with van der Waals surface area (Å²) in [6.07, 6.45) is 0.863. The van der Waals surface area contributed by atoms with Crippen LogP contribution in [0.15, 0.2) is 48.5 Å². The zero-order valence-corrected chi connectivity index (χ0v) is 10.2. The first kappa shape index (κ1) is 11.8. The maximum Gasteiger partial charge on any atom is 0.138 e. The average Bonchev–Trinajstić information content (AvgIpc) is 2.33. The average molecular weight is 248 g/mol. The first-order valence-electron chi connectivity index (χ1n) is 5.47. The van der Waals surface area contributed by atoms with Gasteiger partial charge in [-0.2, -0.15) is 0 Å². The van der Waals surface area contributed by atoms with E-state index in [-0.39, 0.29) is 0 Å². The number of hydrogen-bond donors (Lipinski definition) is 1. The molecule has 2 nitrogen and oxygen atoms in total. The second-order valence-electron chi connectivity index (χ2n) is 3.77. The van der Waals surface area contributed by atoms with E-state index in [0.717, 1.165) is 6.42 Å². The van der Waals surface area contributed by atoms with E-state index in [2.05, 4.69) is 12.1 Å². The molecule has 17 heavy (non-hydrogen) atoms. The predicted molar refractivity (Wildman–Crippen MR) is 71.5 cm³/mol. The summed E-state index contributed by atoms with van der Waals surface area (Å²) >= 11 is 6.01. The van der Waals surface area contributed by atoms with Gasteiger partial charge >= 0.3 is 0 Å². The van der Waals surface area contributed by atoms with E-state index in [9.17, 15) is 0 Å². The Balaban J connectivity index is 1.90. The lowest BCUT2D eigenvalue weighted by Crippen LogP contribution is -2.01. The summed E-state index contributed by atoms with van der Waals surface area (Å²) in [4.78, 5) is 0. The topological polar surface area (TPSA) is 35.2 Å². The zero-order valence-electron chi connectivity index (χ0n) is 9.40. The van der Waals surface area contributed by atoms with Crippen molar-refractivity contribution in [2.75, 3.05) is 12.3 Å². The largest absolute Gasteiger partial charge is 0.492 e. The van der Waals surface area contributed by atoms with Gasteiger partial charge in [0, 0.05) is 12.1 Å². The third kappa shape index (κ3) is 3.40. The molecule has 0 aliphatic heterocycles. The van der Waals surface area contributed by atoms with Crippen LogP contribution < -0.4 is 10.5 Å². The first-order chi connectivity index (χ1) is 8.25. The van der Waals surface area contributed by atoms with Crippen LogP contribution in [-0.4, -0.2) is 6.61 Å². The van der Waals surface area contributed by atoms with Crippen molar-refractivity contribution in [2.24, 2.45) is 0 Å². The Morgan fingerprint density at radius 1 is 1.06 bits per heavy atom. The van der Waals surface area contributed by atoms with E-state index < -0.39 is 0 Å². The molecule has 0 aliphatic carbocycles. The quantitative estimate of drug-likeness (QED) is 0.839. The lowest BCUT2D eigenvalue weighted by atomic mass is 10.2. The molecule has 2 aromatic carbocycles. The molecule has 2 N–H and O–H groups in total. The minimum atomic E-state index is 0.554. The van der Waals surface area contributed by atoms with Crippen molar-refractivity contribution >= 4 is 17.3 Å². The lowest BCUT2D eigenvalue weighted by molar-refractivity contribution is 0.322. The Bertz CT molecular complexity index is 485. The molecule has 0 unspecified atom stereocenters. The number of halogens is 1. The van der Waals surface area contributed by atoms with Crippen LogP contribution in [0.1, 0.15) is 5.56 Å². The molecule has 0 bridgehead atoms. The second kappa shape index (κ2) is 5.60. The molecule has 88 valence electrons. The Morgan fingerprint density at radius 2 is 1.82 bits per heavy atom. The second-order valence-corrected chi connectivity index (χ2v) is 4.18. The zero-order chi connectivity index (χ0) is 12.1. The molecule has 0 aromatic heterocycles. The van der Waals surface area contributed by atoms with E-state index in [1.54, 1.807) is 18.2 Å². The van der Waals surface area contributed by atoms with Crippen molar-refractivity contribution in [3.8, 4) is 5.75 Å². The third-order valence-corrected chi connectivity index (χ3v) is 2.74. The van der Waals surface area contributed by atoms with E-state index in [4.69, 9.17) is 22.1 Å². The maximum atomic E-state index is 6.01. The molecule has 0 saturated heterocycles. The van der Waals surface area contributed by atoms with Gasteiger partial charge in [0.05, 0.1) is 11.6 Å². The SMILES string of the molecule is Nc1ccc(OCCc2ccccc2)c(Cl)c1. The van der Waals surface area contributed by atoms with Crippen LogP contribution >= 0.6 is 11.6 Å². The van der Waals surface area contributed by atoms with Crippen LogP contribution in [0.5, 0.6) is 5.75 Å². The molecule has 0 amide bonds. The summed E-state index contributed by atoms with van der Waals surface area (Å²) in [5.74, 6) is 0.678. The van der Waals surface area contributed by atoms with E-state index in [1.165, 1.54) is 5.56 Å². The highest BCUT2D eigenvalue weighted by atomic mass is 35.5. The third-order valence-electron chi connectivity index (χ3n) is 2.45. The fourth-order valence-electron chi connectivity index (χ4n) is 1.56.